The van der Waals surface area contributed by atoms with Crippen molar-refractivity contribution in [1.29, 1.82) is 0 Å². The van der Waals surface area contributed by atoms with Crippen LogP contribution in [0.3, 0.4) is 0 Å². The molecule has 3 nitrogen and oxygen atoms in total. The first-order valence-electron chi connectivity index (χ1n) is 5.02. The summed E-state index contributed by atoms with van der Waals surface area (Å²) in [4.78, 5) is 10.8. The van der Waals surface area contributed by atoms with Crippen molar-refractivity contribution in [2.24, 2.45) is 0 Å². The lowest BCUT2D eigenvalue weighted by Gasteiger charge is -2.14. The molecule has 0 unspecified atom stereocenters. The molecule has 0 spiro atoms. The van der Waals surface area contributed by atoms with Gasteiger partial charge in [0.05, 0.1) is 19.1 Å². The van der Waals surface area contributed by atoms with Crippen LogP contribution >= 0.6 is 11.6 Å². The summed E-state index contributed by atoms with van der Waals surface area (Å²) >= 11 is 5.53. The van der Waals surface area contributed by atoms with Gasteiger partial charge in [0.1, 0.15) is 0 Å². The molecule has 7 heteroatoms. The summed E-state index contributed by atoms with van der Waals surface area (Å²) in [6.07, 6.45) is -4.52. The summed E-state index contributed by atoms with van der Waals surface area (Å²) in [5.74, 6) is -0.495. The lowest BCUT2D eigenvalue weighted by Crippen LogP contribution is -2.14. The molecule has 0 saturated heterocycles. The van der Waals surface area contributed by atoms with Gasteiger partial charge in [-0.2, -0.15) is 13.2 Å². The minimum absolute atomic E-state index is 0.000780. The standard InChI is InChI=1S/C11H11ClF3NO2/c1-18-10(17)4-5-16-9-3-2-7(12)6-8(9)11(13,14)15/h2-3,6,16H,4-5H2,1H3. The van der Waals surface area contributed by atoms with E-state index >= 15 is 0 Å². The van der Waals surface area contributed by atoms with Gasteiger partial charge in [-0.3, -0.25) is 4.79 Å². The Balaban J connectivity index is 2.79. The summed E-state index contributed by atoms with van der Waals surface area (Å²) in [5, 5.41) is 2.53. The largest absolute Gasteiger partial charge is 0.469 e. The van der Waals surface area contributed by atoms with E-state index in [0.717, 1.165) is 6.07 Å². The molecule has 1 rings (SSSR count). The fourth-order valence-electron chi connectivity index (χ4n) is 1.31. The van der Waals surface area contributed by atoms with Gasteiger partial charge in [-0.25, -0.2) is 0 Å². The van der Waals surface area contributed by atoms with Crippen molar-refractivity contribution in [1.82, 2.24) is 0 Å². The van der Waals surface area contributed by atoms with E-state index in [2.05, 4.69) is 10.1 Å². The van der Waals surface area contributed by atoms with Crippen molar-refractivity contribution in [3.63, 3.8) is 0 Å². The number of esters is 1. The SMILES string of the molecule is COC(=O)CCNc1ccc(Cl)cc1C(F)(F)F. The van der Waals surface area contributed by atoms with E-state index in [1.807, 2.05) is 0 Å². The van der Waals surface area contributed by atoms with Gasteiger partial charge in [-0.1, -0.05) is 11.6 Å². The van der Waals surface area contributed by atoms with Gasteiger partial charge in [-0.15, -0.1) is 0 Å². The fraction of sp³-hybridized carbons (Fsp3) is 0.364. The van der Waals surface area contributed by atoms with Crippen molar-refractivity contribution in [3.05, 3.63) is 28.8 Å². The molecule has 0 saturated carbocycles. The molecule has 0 aliphatic rings. The van der Waals surface area contributed by atoms with Gasteiger partial charge in [0.25, 0.3) is 0 Å². The highest BCUT2D eigenvalue weighted by Gasteiger charge is 2.33. The second-order valence-electron chi connectivity index (χ2n) is 3.44. The third-order valence-electron chi connectivity index (χ3n) is 2.16. The second-order valence-corrected chi connectivity index (χ2v) is 3.88. The van der Waals surface area contributed by atoms with E-state index in [9.17, 15) is 18.0 Å². The van der Waals surface area contributed by atoms with Crippen LogP contribution in [0.15, 0.2) is 18.2 Å². The summed E-state index contributed by atoms with van der Waals surface area (Å²) in [6, 6.07) is 3.40. The van der Waals surface area contributed by atoms with Crippen molar-refractivity contribution < 1.29 is 22.7 Å². The third kappa shape index (κ3) is 4.10. The molecular weight excluding hydrogens is 271 g/mol. The summed E-state index contributed by atoms with van der Waals surface area (Å²) < 4.78 is 42.5. The molecule has 0 bridgehead atoms. The number of anilines is 1. The average molecular weight is 282 g/mol. The zero-order chi connectivity index (χ0) is 13.8. The van der Waals surface area contributed by atoms with Gasteiger partial charge >= 0.3 is 12.1 Å². The number of carbonyl (C=O) groups is 1. The first-order chi connectivity index (χ1) is 8.34. The lowest BCUT2D eigenvalue weighted by atomic mass is 10.1. The third-order valence-corrected chi connectivity index (χ3v) is 2.39. The molecule has 1 aromatic carbocycles. The Morgan fingerprint density at radius 3 is 2.67 bits per heavy atom. The van der Waals surface area contributed by atoms with Crippen LogP contribution in [0.1, 0.15) is 12.0 Å². The number of nitrogens with one attached hydrogen (secondary N) is 1. The van der Waals surface area contributed by atoms with Crippen molar-refractivity contribution in [2.45, 2.75) is 12.6 Å². The van der Waals surface area contributed by atoms with Crippen LogP contribution < -0.4 is 5.32 Å². The quantitative estimate of drug-likeness (QED) is 0.860. The Kier molecular flexibility index (Phi) is 4.84. The first kappa shape index (κ1) is 14.6. The molecule has 0 aliphatic carbocycles. The highest BCUT2D eigenvalue weighted by Crippen LogP contribution is 2.36. The van der Waals surface area contributed by atoms with E-state index in [4.69, 9.17) is 11.6 Å². The minimum Gasteiger partial charge on any atom is -0.469 e. The number of alkyl halides is 3. The Morgan fingerprint density at radius 1 is 1.44 bits per heavy atom. The van der Waals surface area contributed by atoms with Crippen LogP contribution in [0.25, 0.3) is 0 Å². The molecule has 0 atom stereocenters. The topological polar surface area (TPSA) is 38.3 Å². The number of hydrogen-bond acceptors (Lipinski definition) is 3. The van der Waals surface area contributed by atoms with Crippen molar-refractivity contribution in [2.75, 3.05) is 19.0 Å². The highest BCUT2D eigenvalue weighted by molar-refractivity contribution is 6.30. The Morgan fingerprint density at radius 2 is 2.11 bits per heavy atom. The maximum absolute atomic E-state index is 12.7. The number of benzene rings is 1. The molecule has 1 N–H and O–H groups in total. The Hall–Kier alpha value is -1.43. The molecule has 0 aromatic heterocycles. The fourth-order valence-corrected chi connectivity index (χ4v) is 1.48. The zero-order valence-electron chi connectivity index (χ0n) is 9.47. The molecule has 100 valence electrons. The van der Waals surface area contributed by atoms with Crippen LogP contribution in [0, 0.1) is 0 Å². The molecule has 18 heavy (non-hydrogen) atoms. The van der Waals surface area contributed by atoms with E-state index in [0.29, 0.717) is 0 Å². The van der Waals surface area contributed by atoms with Crippen LogP contribution in [-0.4, -0.2) is 19.6 Å². The smallest absolute Gasteiger partial charge is 0.418 e. The normalized spacial score (nSPS) is 11.2. The van der Waals surface area contributed by atoms with E-state index in [1.54, 1.807) is 0 Å². The maximum atomic E-state index is 12.7. The van der Waals surface area contributed by atoms with Crippen LogP contribution in [0.2, 0.25) is 5.02 Å². The molecule has 0 amide bonds. The monoisotopic (exact) mass is 281 g/mol. The van der Waals surface area contributed by atoms with Crippen LogP contribution in [0.4, 0.5) is 18.9 Å². The predicted octanol–water partition coefficient (Wildman–Crippen LogP) is 3.33. The van der Waals surface area contributed by atoms with Gasteiger partial charge in [-0.05, 0) is 18.2 Å². The van der Waals surface area contributed by atoms with Gasteiger partial charge in [0.15, 0.2) is 0 Å². The summed E-state index contributed by atoms with van der Waals surface area (Å²) in [7, 11) is 1.21. The highest BCUT2D eigenvalue weighted by atomic mass is 35.5. The first-order valence-corrected chi connectivity index (χ1v) is 5.40. The summed E-state index contributed by atoms with van der Waals surface area (Å²) in [6.45, 7) is 0.0530. The number of methoxy groups -OCH3 is 1. The Bertz CT molecular complexity index is 435. The molecule has 0 heterocycles. The average Bonchev–Trinajstić information content (AvgIpc) is 2.29. The number of carbonyl (C=O) groups excluding carboxylic acids is 1. The van der Waals surface area contributed by atoms with Gasteiger partial charge < -0.3 is 10.1 Å². The second kappa shape index (κ2) is 5.95. The Labute approximate surface area is 107 Å². The lowest BCUT2D eigenvalue weighted by molar-refractivity contribution is -0.140. The van der Waals surface area contributed by atoms with Crippen LogP contribution in [-0.2, 0) is 15.7 Å². The molecule has 0 radical (unpaired) electrons. The van der Waals surface area contributed by atoms with Crippen molar-refractivity contribution >= 4 is 23.3 Å². The number of ether oxygens (including phenoxy) is 1. The van der Waals surface area contributed by atoms with E-state index in [1.165, 1.54) is 19.2 Å². The summed E-state index contributed by atoms with van der Waals surface area (Å²) in [5.41, 5.74) is -0.976. The van der Waals surface area contributed by atoms with Crippen molar-refractivity contribution in [3.8, 4) is 0 Å². The zero-order valence-corrected chi connectivity index (χ0v) is 10.2. The number of rotatable bonds is 4. The van der Waals surface area contributed by atoms with E-state index in [-0.39, 0.29) is 23.7 Å². The molecule has 0 fully saturated rings. The molecule has 1 aromatic rings. The van der Waals surface area contributed by atoms with E-state index < -0.39 is 17.7 Å². The van der Waals surface area contributed by atoms with Gasteiger partial charge in [0.2, 0.25) is 0 Å². The van der Waals surface area contributed by atoms with Gasteiger partial charge in [0, 0.05) is 17.3 Å². The predicted molar refractivity (Wildman–Crippen MR) is 61.6 cm³/mol. The molecule has 0 aliphatic heterocycles. The maximum Gasteiger partial charge on any atom is 0.418 e. The van der Waals surface area contributed by atoms with Crippen LogP contribution in [0.5, 0.6) is 0 Å². The molecular formula is C11H11ClF3NO2. The number of hydrogen-bond donors (Lipinski definition) is 1. The number of halogens is 4. The minimum atomic E-state index is -4.50.